The number of nitrogens with zero attached hydrogens (tertiary/aromatic N) is 2. The van der Waals surface area contributed by atoms with Crippen LogP contribution in [0.25, 0.3) is 11.3 Å². The Morgan fingerprint density at radius 2 is 2.00 bits per heavy atom. The molecule has 8 nitrogen and oxygen atoms in total. The van der Waals surface area contributed by atoms with Crippen molar-refractivity contribution >= 4 is 39.7 Å². The van der Waals surface area contributed by atoms with Crippen molar-refractivity contribution in [2.45, 2.75) is 25.1 Å². The van der Waals surface area contributed by atoms with Crippen LogP contribution in [0.5, 0.6) is 0 Å². The largest absolute Gasteiger partial charge is 0.464 e. The first-order valence-electron chi connectivity index (χ1n) is 8.27. The Morgan fingerprint density at radius 1 is 1.27 bits per heavy atom. The molecule has 3 aromatic heterocycles. The molecule has 3 N–H and O–H groups in total. The van der Waals surface area contributed by atoms with E-state index in [1.165, 1.54) is 31.7 Å². The van der Waals surface area contributed by atoms with Crippen molar-refractivity contribution in [2.75, 3.05) is 12.4 Å². The smallest absolute Gasteiger partial charge is 0.424 e. The first-order chi connectivity index (χ1) is 14.0. The normalized spacial score (nSPS) is 13.7. The third kappa shape index (κ3) is 4.37. The number of carbonyl (C=O) groups excluding carboxylic acids is 2. The predicted molar refractivity (Wildman–Crippen MR) is 103 cm³/mol. The molecule has 0 aliphatic heterocycles. The number of aromatic nitrogens is 3. The van der Waals surface area contributed by atoms with Crippen LogP contribution in [0.3, 0.4) is 0 Å². The highest BCUT2D eigenvalue weighted by molar-refractivity contribution is 7.14. The Balaban J connectivity index is 1.74. The quantitative estimate of drug-likeness (QED) is 0.485. The fourth-order valence-corrected chi connectivity index (χ4v) is 4.12. The fourth-order valence-electron chi connectivity index (χ4n) is 2.47. The molecule has 0 saturated heterocycles. The lowest BCUT2D eigenvalue weighted by Crippen LogP contribution is -2.45. The number of rotatable bonds is 6. The van der Waals surface area contributed by atoms with Crippen molar-refractivity contribution in [3.8, 4) is 11.3 Å². The molecule has 3 aromatic rings. The van der Waals surface area contributed by atoms with E-state index in [2.05, 4.69) is 25.0 Å². The lowest BCUT2D eigenvalue weighted by Gasteiger charge is -2.27. The Labute approximate surface area is 175 Å². The molecule has 13 heteroatoms. The molecule has 160 valence electrons. The first kappa shape index (κ1) is 21.9. The van der Waals surface area contributed by atoms with E-state index >= 15 is 0 Å². The highest BCUT2D eigenvalue weighted by Gasteiger charge is 2.58. The number of ether oxygens (including phenoxy) is 1. The molecule has 0 fully saturated rings. The Kier molecular flexibility index (Phi) is 5.97. The predicted octanol–water partition coefficient (Wildman–Crippen LogP) is 3.47. The molecular formula is C17H15F3N4O4S2. The molecule has 1 atom stereocenters. The Morgan fingerprint density at radius 3 is 2.60 bits per heavy atom. The van der Waals surface area contributed by atoms with Crippen molar-refractivity contribution in [2.24, 2.45) is 0 Å². The number of esters is 1. The SMILES string of the molecule is COC(=O)c1cc(-c2csc(NC(=O)CC(O)(c3nc(C)cs3)C(F)(F)F)n2)c[nH]1. The van der Waals surface area contributed by atoms with Crippen LogP contribution in [0.15, 0.2) is 23.0 Å². The number of hydrogen-bond donors (Lipinski definition) is 3. The van der Waals surface area contributed by atoms with Gasteiger partial charge < -0.3 is 20.1 Å². The van der Waals surface area contributed by atoms with E-state index in [0.29, 0.717) is 28.3 Å². The number of aromatic amines is 1. The minimum atomic E-state index is -5.10. The molecule has 0 radical (unpaired) electrons. The van der Waals surface area contributed by atoms with Crippen molar-refractivity contribution in [3.63, 3.8) is 0 Å². The minimum Gasteiger partial charge on any atom is -0.464 e. The van der Waals surface area contributed by atoms with Crippen molar-refractivity contribution in [3.05, 3.63) is 39.4 Å². The summed E-state index contributed by atoms with van der Waals surface area (Å²) >= 11 is 1.60. The van der Waals surface area contributed by atoms with Crippen molar-refractivity contribution in [1.29, 1.82) is 0 Å². The summed E-state index contributed by atoms with van der Waals surface area (Å²) in [6, 6.07) is 1.49. The number of alkyl halides is 3. The number of anilines is 1. The summed E-state index contributed by atoms with van der Waals surface area (Å²) in [4.78, 5) is 34.3. The number of aryl methyl sites for hydroxylation is 1. The van der Waals surface area contributed by atoms with Crippen molar-refractivity contribution < 1.29 is 32.6 Å². The van der Waals surface area contributed by atoms with Gasteiger partial charge in [-0.25, -0.2) is 14.8 Å². The molecule has 3 rings (SSSR count). The lowest BCUT2D eigenvalue weighted by atomic mass is 9.99. The summed E-state index contributed by atoms with van der Waals surface area (Å²) in [6.07, 6.45) is -4.87. The first-order valence-corrected chi connectivity index (χ1v) is 10.0. The summed E-state index contributed by atoms with van der Waals surface area (Å²) in [6.45, 7) is 1.49. The van der Waals surface area contributed by atoms with Gasteiger partial charge >= 0.3 is 12.1 Å². The molecule has 0 aromatic carbocycles. The summed E-state index contributed by atoms with van der Waals surface area (Å²) in [5.41, 5.74) is -1.99. The highest BCUT2D eigenvalue weighted by atomic mass is 32.1. The molecule has 30 heavy (non-hydrogen) atoms. The number of methoxy groups -OCH3 is 1. The van der Waals surface area contributed by atoms with E-state index in [1.807, 2.05) is 0 Å². The van der Waals surface area contributed by atoms with Gasteiger partial charge in [0.25, 0.3) is 0 Å². The summed E-state index contributed by atoms with van der Waals surface area (Å²) in [5.74, 6) is -1.65. The van der Waals surface area contributed by atoms with Crippen LogP contribution in [-0.4, -0.2) is 45.2 Å². The zero-order chi connectivity index (χ0) is 22.1. The molecular weight excluding hydrogens is 445 g/mol. The van der Waals surface area contributed by atoms with Gasteiger partial charge in [0.2, 0.25) is 11.5 Å². The number of aliphatic hydroxyl groups is 1. The van der Waals surface area contributed by atoms with Gasteiger partial charge in [-0.1, -0.05) is 0 Å². The number of carbonyl (C=O) groups is 2. The van der Waals surface area contributed by atoms with E-state index < -0.39 is 35.1 Å². The number of amides is 1. The maximum absolute atomic E-state index is 13.5. The maximum Gasteiger partial charge on any atom is 0.424 e. The van der Waals surface area contributed by atoms with Crippen LogP contribution >= 0.6 is 22.7 Å². The zero-order valence-electron chi connectivity index (χ0n) is 15.5. The average molecular weight is 460 g/mol. The second-order valence-electron chi connectivity index (χ2n) is 6.21. The number of thiazole rings is 2. The summed E-state index contributed by atoms with van der Waals surface area (Å²) in [7, 11) is 1.23. The fraction of sp³-hybridized carbons (Fsp3) is 0.294. The van der Waals surface area contributed by atoms with Crippen molar-refractivity contribution in [1.82, 2.24) is 15.0 Å². The number of H-pyrrole nitrogens is 1. The van der Waals surface area contributed by atoms with E-state index in [1.54, 1.807) is 5.38 Å². The van der Waals surface area contributed by atoms with Crippen LogP contribution in [0.1, 0.15) is 27.6 Å². The van der Waals surface area contributed by atoms with Crippen LogP contribution < -0.4 is 5.32 Å². The van der Waals surface area contributed by atoms with E-state index in [9.17, 15) is 27.9 Å². The molecule has 0 aliphatic carbocycles. The lowest BCUT2D eigenvalue weighted by molar-refractivity contribution is -0.266. The van der Waals surface area contributed by atoms with Gasteiger partial charge in [-0.15, -0.1) is 22.7 Å². The third-order valence-corrected chi connectivity index (χ3v) is 5.86. The second kappa shape index (κ2) is 8.16. The number of nitrogens with one attached hydrogen (secondary N) is 2. The topological polar surface area (TPSA) is 117 Å². The zero-order valence-corrected chi connectivity index (χ0v) is 17.2. The Hall–Kier alpha value is -2.77. The highest BCUT2D eigenvalue weighted by Crippen LogP contribution is 2.43. The van der Waals surface area contributed by atoms with Gasteiger partial charge in [-0.05, 0) is 13.0 Å². The standard InChI is InChI=1S/C17H15F3N4O4S2/c1-8-6-29-14(22-8)16(27,17(18,19)20)4-12(25)24-15-23-11(7-30-15)9-3-10(21-5-9)13(26)28-2/h3,5-7,21,27H,4H2,1-2H3,(H,23,24,25). The van der Waals surface area contributed by atoms with Gasteiger partial charge in [0.15, 0.2) is 5.13 Å². The van der Waals surface area contributed by atoms with E-state index in [0.717, 1.165) is 11.3 Å². The van der Waals surface area contributed by atoms with Crippen LogP contribution in [0, 0.1) is 6.92 Å². The monoisotopic (exact) mass is 460 g/mol. The van der Waals surface area contributed by atoms with E-state index in [-0.39, 0.29) is 10.8 Å². The maximum atomic E-state index is 13.5. The molecule has 0 spiro atoms. The van der Waals surface area contributed by atoms with E-state index in [4.69, 9.17) is 0 Å². The average Bonchev–Trinajstić information content (AvgIpc) is 3.40. The van der Waals surface area contributed by atoms with Gasteiger partial charge in [0.05, 0.1) is 19.2 Å². The molecule has 0 bridgehead atoms. The molecule has 0 saturated carbocycles. The van der Waals surface area contributed by atoms with Gasteiger partial charge in [0.1, 0.15) is 10.7 Å². The van der Waals surface area contributed by atoms with Crippen LogP contribution in [-0.2, 0) is 15.1 Å². The Bertz CT molecular complexity index is 1080. The van der Waals surface area contributed by atoms with Gasteiger partial charge in [-0.2, -0.15) is 13.2 Å². The minimum absolute atomic E-state index is 0.0376. The summed E-state index contributed by atoms with van der Waals surface area (Å²) in [5, 5.41) is 14.8. The second-order valence-corrected chi connectivity index (χ2v) is 7.92. The number of hydrogen-bond acceptors (Lipinski definition) is 8. The molecule has 3 heterocycles. The van der Waals surface area contributed by atoms with Gasteiger partial charge in [0, 0.05) is 28.2 Å². The van der Waals surface area contributed by atoms with Gasteiger partial charge in [-0.3, -0.25) is 4.79 Å². The van der Waals surface area contributed by atoms with Crippen LogP contribution in [0.4, 0.5) is 18.3 Å². The summed E-state index contributed by atoms with van der Waals surface area (Å²) < 4.78 is 45.1. The molecule has 1 unspecified atom stereocenters. The third-order valence-electron chi connectivity index (χ3n) is 3.99. The number of halogens is 3. The molecule has 0 aliphatic rings. The van der Waals surface area contributed by atoms with Crippen LogP contribution in [0.2, 0.25) is 0 Å². The molecule has 1 amide bonds.